The molecule has 0 radical (unpaired) electrons. The first kappa shape index (κ1) is 19.9. The number of rotatable bonds is 1. The number of H-pyrrole nitrogens is 1. The smallest absolute Gasteiger partial charge is 0.328 e. The molecule has 10 heteroatoms. The van der Waals surface area contributed by atoms with Gasteiger partial charge < -0.3 is 11.5 Å². The second-order valence-electron chi connectivity index (χ2n) is 4.23. The Labute approximate surface area is 133 Å². The van der Waals surface area contributed by atoms with E-state index in [1.807, 2.05) is 36.4 Å². The Morgan fingerprint density at radius 3 is 1.70 bits per heavy atom. The lowest BCUT2D eigenvalue weighted by Gasteiger charge is -2.01. The average Bonchev–Trinajstić information content (AvgIpc) is 3.03. The second-order valence-corrected chi connectivity index (χ2v) is 4.23. The molecular weight excluding hydrogens is 300 g/mol. The molecule has 2 rings (SSSR count). The molecule has 0 atom stereocenters. The van der Waals surface area contributed by atoms with Crippen LogP contribution in [0, 0.1) is 0 Å². The average molecular weight is 322 g/mol. The summed E-state index contributed by atoms with van der Waals surface area (Å²) in [5.41, 5.74) is 11.4. The molecule has 126 valence electrons. The summed E-state index contributed by atoms with van der Waals surface area (Å²) < 4.78 is 0. The highest BCUT2D eigenvalue weighted by atomic mass is 16.2. The summed E-state index contributed by atoms with van der Waals surface area (Å²) in [6.07, 6.45) is 1.75. The van der Waals surface area contributed by atoms with Crippen molar-refractivity contribution in [2.45, 2.75) is 0 Å². The van der Waals surface area contributed by atoms with Gasteiger partial charge in [-0.25, -0.2) is 21.3 Å². The quantitative estimate of drug-likeness (QED) is 0.277. The van der Waals surface area contributed by atoms with Crippen molar-refractivity contribution in [3.8, 4) is 11.3 Å². The summed E-state index contributed by atoms with van der Waals surface area (Å²) in [6, 6.07) is 10.8. The zero-order chi connectivity index (χ0) is 17.8. The predicted molar refractivity (Wildman–Crippen MR) is 87.1 cm³/mol. The van der Waals surface area contributed by atoms with Crippen LogP contribution in [-0.2, 0) is 0 Å². The zero-order valence-corrected chi connectivity index (χ0v) is 13.0. The maximum atomic E-state index is 9.72. The number of aromatic nitrogens is 2. The summed E-state index contributed by atoms with van der Waals surface area (Å²) in [7, 11) is 2.75. The number of carbonyl (C=O) groups is 2. The van der Waals surface area contributed by atoms with Crippen LogP contribution in [0.15, 0.2) is 42.6 Å². The number of primary amides is 2. The van der Waals surface area contributed by atoms with Gasteiger partial charge in [-0.3, -0.25) is 15.1 Å². The first-order valence-electron chi connectivity index (χ1n) is 6.36. The number of nitrogens with one attached hydrogen (secondary N) is 1. The van der Waals surface area contributed by atoms with E-state index in [2.05, 4.69) is 21.7 Å². The minimum atomic E-state index is -0.630. The lowest BCUT2D eigenvalue weighted by atomic mass is 10.2. The molecule has 0 fully saturated rings. The Hall–Kier alpha value is -3.11. The second kappa shape index (κ2) is 10.6. The first-order valence-corrected chi connectivity index (χ1v) is 6.36. The lowest BCUT2D eigenvalue weighted by molar-refractivity contribution is 0.219. The molecule has 0 aliphatic rings. The zero-order valence-electron chi connectivity index (χ0n) is 13.0. The van der Waals surface area contributed by atoms with Crippen molar-refractivity contribution in [1.82, 2.24) is 20.2 Å². The number of benzene rings is 1. The van der Waals surface area contributed by atoms with Crippen LogP contribution < -0.4 is 23.2 Å². The summed E-state index contributed by atoms with van der Waals surface area (Å²) in [5, 5.41) is 8.39. The van der Waals surface area contributed by atoms with Crippen molar-refractivity contribution in [2.24, 2.45) is 23.2 Å². The van der Waals surface area contributed by atoms with E-state index in [9.17, 15) is 9.59 Å². The van der Waals surface area contributed by atoms with Crippen LogP contribution in [0.4, 0.5) is 9.59 Å². The molecule has 0 bridgehead atoms. The predicted octanol–water partition coefficient (Wildman–Crippen LogP) is -0.182. The lowest BCUT2D eigenvalue weighted by Crippen LogP contribution is -2.37. The molecule has 1 aromatic heterocycles. The van der Waals surface area contributed by atoms with Crippen molar-refractivity contribution in [2.75, 3.05) is 14.1 Å². The van der Waals surface area contributed by atoms with Crippen molar-refractivity contribution in [3.63, 3.8) is 0 Å². The fourth-order valence-electron chi connectivity index (χ4n) is 1.03. The molecule has 0 saturated heterocycles. The molecule has 23 heavy (non-hydrogen) atoms. The molecule has 0 unspecified atom stereocenters. The normalized spacial score (nSPS) is 8.70. The van der Waals surface area contributed by atoms with E-state index in [1.165, 1.54) is 19.7 Å². The Balaban J connectivity index is 0.000000349. The highest BCUT2D eigenvalue weighted by Gasteiger charge is 1.94. The van der Waals surface area contributed by atoms with E-state index in [0.29, 0.717) is 0 Å². The van der Waals surface area contributed by atoms with Gasteiger partial charge in [-0.2, -0.15) is 5.10 Å². The van der Waals surface area contributed by atoms with Gasteiger partial charge in [0.15, 0.2) is 0 Å². The maximum Gasteiger partial charge on any atom is 0.328 e. The Morgan fingerprint density at radius 1 is 0.957 bits per heavy atom. The van der Waals surface area contributed by atoms with Crippen molar-refractivity contribution in [1.29, 1.82) is 0 Å². The van der Waals surface area contributed by atoms with Crippen molar-refractivity contribution >= 4 is 12.1 Å². The van der Waals surface area contributed by atoms with Crippen LogP contribution in [-0.4, -0.2) is 46.4 Å². The fraction of sp³-hybridized carbons (Fsp3) is 0.154. The molecule has 1 aromatic carbocycles. The van der Waals surface area contributed by atoms with E-state index in [-0.39, 0.29) is 0 Å². The number of urea groups is 2. The third-order valence-electron chi connectivity index (χ3n) is 2.28. The molecule has 9 N–H and O–H groups in total. The van der Waals surface area contributed by atoms with Crippen LogP contribution in [0.25, 0.3) is 11.3 Å². The van der Waals surface area contributed by atoms with Crippen molar-refractivity contribution in [3.05, 3.63) is 42.6 Å². The topological polar surface area (TPSA) is 173 Å². The van der Waals surface area contributed by atoms with Gasteiger partial charge in [-0.1, -0.05) is 30.3 Å². The van der Waals surface area contributed by atoms with E-state index >= 15 is 0 Å². The van der Waals surface area contributed by atoms with Crippen LogP contribution >= 0.6 is 0 Å². The molecular formula is C13H22N8O2. The standard InChI is InChI=1S/C9H8N2.2C2H7N3O/c1-2-4-8(5-3-1)9-6-7-10-11-9;2*1-5(4)2(3)6/h1-7H,(H,10,11);2*4H2,1H3,(H2,3,6). The van der Waals surface area contributed by atoms with Gasteiger partial charge in [-0.15, -0.1) is 0 Å². The number of hydrogen-bond donors (Lipinski definition) is 5. The summed E-state index contributed by atoms with van der Waals surface area (Å²) in [5.74, 6) is 9.59. The Kier molecular flexibility index (Phi) is 9.16. The number of amides is 4. The number of nitrogens with zero attached hydrogens (tertiary/aromatic N) is 3. The minimum Gasteiger partial charge on any atom is -0.350 e. The van der Waals surface area contributed by atoms with E-state index < -0.39 is 12.1 Å². The van der Waals surface area contributed by atoms with Gasteiger partial charge in [0, 0.05) is 20.3 Å². The number of hydrazine groups is 2. The third-order valence-corrected chi connectivity index (χ3v) is 2.28. The van der Waals surface area contributed by atoms with Crippen LogP contribution in [0.2, 0.25) is 0 Å². The summed E-state index contributed by atoms with van der Waals surface area (Å²) in [6.45, 7) is 0. The molecule has 10 nitrogen and oxygen atoms in total. The Bertz CT molecular complexity index is 551. The van der Waals surface area contributed by atoms with Gasteiger partial charge in [0.05, 0.1) is 5.69 Å². The van der Waals surface area contributed by atoms with Gasteiger partial charge in [0.1, 0.15) is 0 Å². The van der Waals surface area contributed by atoms with Crippen LogP contribution in [0.5, 0.6) is 0 Å². The number of carbonyl (C=O) groups excluding carboxylic acids is 2. The third kappa shape index (κ3) is 9.44. The molecule has 0 aliphatic heterocycles. The molecule has 0 aliphatic carbocycles. The SMILES string of the molecule is CN(N)C(N)=O.CN(N)C(N)=O.c1ccc(-c2ccn[nH]2)cc1. The maximum absolute atomic E-state index is 9.72. The molecule has 4 amide bonds. The van der Waals surface area contributed by atoms with E-state index in [0.717, 1.165) is 15.7 Å². The van der Waals surface area contributed by atoms with Crippen LogP contribution in [0.1, 0.15) is 0 Å². The monoisotopic (exact) mass is 322 g/mol. The van der Waals surface area contributed by atoms with Crippen molar-refractivity contribution < 1.29 is 9.59 Å². The van der Waals surface area contributed by atoms with Crippen LogP contribution in [0.3, 0.4) is 0 Å². The number of nitrogens with two attached hydrogens (primary N) is 4. The largest absolute Gasteiger partial charge is 0.350 e. The van der Waals surface area contributed by atoms with Gasteiger partial charge in [0.2, 0.25) is 0 Å². The fourth-order valence-corrected chi connectivity index (χ4v) is 1.03. The van der Waals surface area contributed by atoms with Gasteiger partial charge in [0.25, 0.3) is 0 Å². The molecule has 0 saturated carbocycles. The molecule has 0 spiro atoms. The first-order chi connectivity index (χ1) is 10.8. The minimum absolute atomic E-state index is 0.630. The summed E-state index contributed by atoms with van der Waals surface area (Å²) in [4.78, 5) is 19.4. The number of aromatic amines is 1. The van der Waals surface area contributed by atoms with E-state index in [4.69, 9.17) is 11.7 Å². The van der Waals surface area contributed by atoms with E-state index in [1.54, 1.807) is 6.20 Å². The molecule has 2 aromatic rings. The summed E-state index contributed by atoms with van der Waals surface area (Å²) >= 11 is 0. The number of hydrogen-bond acceptors (Lipinski definition) is 5. The highest BCUT2D eigenvalue weighted by molar-refractivity contribution is 5.71. The molecule has 1 heterocycles. The van der Waals surface area contributed by atoms with Gasteiger partial charge in [-0.05, 0) is 11.6 Å². The Morgan fingerprint density at radius 2 is 1.39 bits per heavy atom. The van der Waals surface area contributed by atoms with Gasteiger partial charge >= 0.3 is 12.1 Å². The highest BCUT2D eigenvalue weighted by Crippen LogP contribution is 2.13.